The molecule has 0 atom stereocenters. The van der Waals surface area contributed by atoms with Crippen molar-refractivity contribution < 1.29 is 9.90 Å². The van der Waals surface area contributed by atoms with Crippen molar-refractivity contribution in [2.75, 3.05) is 5.32 Å². The number of aromatic nitrogens is 2. The number of nitrogens with one attached hydrogen (secondary N) is 1. The van der Waals surface area contributed by atoms with Gasteiger partial charge in [-0.25, -0.2) is 9.97 Å². The lowest BCUT2D eigenvalue weighted by Gasteiger charge is -2.08. The van der Waals surface area contributed by atoms with Crippen LogP contribution in [-0.4, -0.2) is 21.5 Å². The van der Waals surface area contributed by atoms with E-state index in [0.29, 0.717) is 5.15 Å². The predicted octanol–water partition coefficient (Wildman–Crippen LogP) is 4.04. The number of aryl methyl sites for hydroxylation is 1. The Labute approximate surface area is 132 Å². The van der Waals surface area contributed by atoms with Crippen molar-refractivity contribution in [3.63, 3.8) is 0 Å². The van der Waals surface area contributed by atoms with Crippen molar-refractivity contribution in [3.05, 3.63) is 59.5 Å². The number of hydrogen-bond donors (Lipinski definition) is 2. The van der Waals surface area contributed by atoms with Crippen molar-refractivity contribution >= 4 is 40.4 Å². The summed E-state index contributed by atoms with van der Waals surface area (Å²) in [4.78, 5) is 16.8. The number of nitrogens with zero attached hydrogens (tertiary/aromatic N) is 2. The highest BCUT2D eigenvalue weighted by atomic mass is 35.5. The minimum Gasteiger partial charge on any atom is -0.483 e. The average Bonchev–Trinajstić information content (AvgIpc) is 2.50. The van der Waals surface area contributed by atoms with Crippen molar-refractivity contribution in [3.8, 4) is 0 Å². The number of fused-ring (bicyclic) bond motifs is 1. The first-order valence-corrected chi connectivity index (χ1v) is 6.83. The van der Waals surface area contributed by atoms with E-state index in [4.69, 9.17) is 21.5 Å². The molecule has 0 unspecified atom stereocenters. The van der Waals surface area contributed by atoms with Gasteiger partial charge in [0.15, 0.2) is 0 Å². The van der Waals surface area contributed by atoms with Crippen LogP contribution in [-0.2, 0) is 4.79 Å². The van der Waals surface area contributed by atoms with Gasteiger partial charge in [0.1, 0.15) is 11.0 Å². The normalized spacial score (nSPS) is 9.73. The lowest BCUT2D eigenvalue weighted by atomic mass is 10.1. The zero-order valence-electron chi connectivity index (χ0n) is 11.8. The Morgan fingerprint density at radius 2 is 1.95 bits per heavy atom. The Hall–Kier alpha value is -2.66. The zero-order valence-corrected chi connectivity index (χ0v) is 12.6. The van der Waals surface area contributed by atoms with E-state index >= 15 is 0 Å². The van der Waals surface area contributed by atoms with E-state index in [0.717, 1.165) is 16.9 Å². The van der Waals surface area contributed by atoms with Gasteiger partial charge in [-0.1, -0.05) is 35.4 Å². The monoisotopic (exact) mass is 315 g/mol. The first-order valence-electron chi connectivity index (χ1n) is 6.46. The molecule has 0 fully saturated rings. The molecule has 2 aromatic heterocycles. The van der Waals surface area contributed by atoms with Crippen molar-refractivity contribution in [2.24, 2.45) is 0 Å². The van der Waals surface area contributed by atoms with Crippen LogP contribution in [0.25, 0.3) is 10.8 Å². The van der Waals surface area contributed by atoms with E-state index in [9.17, 15) is 0 Å². The van der Waals surface area contributed by atoms with E-state index in [1.807, 2.05) is 12.1 Å². The summed E-state index contributed by atoms with van der Waals surface area (Å²) in [6, 6.07) is 11.9. The predicted molar refractivity (Wildman–Crippen MR) is 87.7 cm³/mol. The topological polar surface area (TPSA) is 75.1 Å². The molecule has 3 rings (SSSR count). The number of pyridine rings is 2. The van der Waals surface area contributed by atoms with E-state index in [1.165, 1.54) is 10.9 Å². The second-order valence-corrected chi connectivity index (χ2v) is 4.87. The lowest BCUT2D eigenvalue weighted by molar-refractivity contribution is -0.122. The van der Waals surface area contributed by atoms with E-state index in [-0.39, 0.29) is 6.47 Å². The fourth-order valence-corrected chi connectivity index (χ4v) is 2.10. The van der Waals surface area contributed by atoms with Gasteiger partial charge in [-0.2, -0.15) is 0 Å². The number of hydrogen-bond acceptors (Lipinski definition) is 4. The van der Waals surface area contributed by atoms with Crippen LogP contribution in [0, 0.1) is 6.92 Å². The first-order chi connectivity index (χ1) is 10.6. The summed E-state index contributed by atoms with van der Waals surface area (Å²) >= 11 is 5.77. The largest absolute Gasteiger partial charge is 0.483 e. The number of benzene rings is 1. The second-order valence-electron chi connectivity index (χ2n) is 4.48. The Kier molecular flexibility index (Phi) is 5.27. The Bertz CT molecular complexity index is 776. The van der Waals surface area contributed by atoms with Gasteiger partial charge < -0.3 is 10.4 Å². The molecule has 6 heteroatoms. The summed E-state index contributed by atoms with van der Waals surface area (Å²) in [6.45, 7) is 1.83. The Morgan fingerprint density at radius 3 is 2.64 bits per heavy atom. The van der Waals surface area contributed by atoms with Crippen LogP contribution >= 0.6 is 11.6 Å². The molecule has 1 aromatic carbocycles. The number of rotatable bonds is 2. The van der Waals surface area contributed by atoms with Gasteiger partial charge in [-0.3, -0.25) is 4.79 Å². The summed E-state index contributed by atoms with van der Waals surface area (Å²) in [5.74, 6) is 0.821. The molecule has 0 aliphatic rings. The average molecular weight is 316 g/mol. The molecule has 5 nitrogen and oxygen atoms in total. The van der Waals surface area contributed by atoms with Gasteiger partial charge in [0, 0.05) is 11.6 Å². The maximum atomic E-state index is 8.36. The van der Waals surface area contributed by atoms with E-state index in [2.05, 4.69) is 40.4 Å². The highest BCUT2D eigenvalue weighted by Crippen LogP contribution is 2.25. The minimum atomic E-state index is -0.250. The molecule has 0 aliphatic carbocycles. The van der Waals surface area contributed by atoms with Gasteiger partial charge in [0.2, 0.25) is 0 Å². The number of halogens is 1. The molecule has 2 heterocycles. The summed E-state index contributed by atoms with van der Waals surface area (Å²) < 4.78 is 0. The van der Waals surface area contributed by atoms with Crippen LogP contribution in [0.15, 0.2) is 48.8 Å². The molecule has 0 aliphatic heterocycles. The third kappa shape index (κ3) is 3.93. The SMILES string of the molecule is Cc1ccc2c(Nc3ccc(Cl)nc3)nccc2c1.O=CO. The van der Waals surface area contributed by atoms with Gasteiger partial charge in [-0.15, -0.1) is 0 Å². The molecule has 2 N–H and O–H groups in total. The van der Waals surface area contributed by atoms with Crippen molar-refractivity contribution in [2.45, 2.75) is 6.92 Å². The molecule has 0 saturated carbocycles. The van der Waals surface area contributed by atoms with Gasteiger partial charge in [-0.05, 0) is 30.5 Å². The summed E-state index contributed by atoms with van der Waals surface area (Å²) in [5.41, 5.74) is 2.10. The van der Waals surface area contributed by atoms with Crippen LogP contribution < -0.4 is 5.32 Å². The zero-order chi connectivity index (χ0) is 15.9. The van der Waals surface area contributed by atoms with Gasteiger partial charge >= 0.3 is 0 Å². The number of carboxylic acid groups (broad SMARTS) is 1. The second kappa shape index (κ2) is 7.38. The van der Waals surface area contributed by atoms with E-state index in [1.54, 1.807) is 18.5 Å². The third-order valence-electron chi connectivity index (χ3n) is 2.91. The maximum Gasteiger partial charge on any atom is 0.290 e. The van der Waals surface area contributed by atoms with Crippen molar-refractivity contribution in [1.82, 2.24) is 9.97 Å². The fraction of sp³-hybridized carbons (Fsp3) is 0.0625. The molecule has 0 spiro atoms. The quantitative estimate of drug-likeness (QED) is 0.551. The smallest absolute Gasteiger partial charge is 0.290 e. The third-order valence-corrected chi connectivity index (χ3v) is 3.13. The lowest BCUT2D eigenvalue weighted by Crippen LogP contribution is -1.95. The number of anilines is 2. The highest BCUT2D eigenvalue weighted by molar-refractivity contribution is 6.29. The molecule has 3 aromatic rings. The van der Waals surface area contributed by atoms with Crippen LogP contribution in [0.5, 0.6) is 0 Å². The standard InChI is InChI=1S/C15H12ClN3.CH2O2/c1-10-2-4-13-11(8-10)6-7-17-15(13)19-12-3-5-14(16)18-9-12;2-1-3/h2-9H,1H3,(H,17,19);1H,(H,2,3). The Balaban J connectivity index is 0.000000545. The highest BCUT2D eigenvalue weighted by Gasteiger charge is 2.03. The van der Waals surface area contributed by atoms with Crippen LogP contribution in [0.1, 0.15) is 5.56 Å². The van der Waals surface area contributed by atoms with Gasteiger partial charge in [0.25, 0.3) is 6.47 Å². The molecule has 22 heavy (non-hydrogen) atoms. The molecular weight excluding hydrogens is 302 g/mol. The summed E-state index contributed by atoms with van der Waals surface area (Å²) in [7, 11) is 0. The Morgan fingerprint density at radius 1 is 1.18 bits per heavy atom. The molecular formula is C16H14ClN3O2. The molecule has 0 radical (unpaired) electrons. The first kappa shape index (κ1) is 15.7. The molecule has 0 amide bonds. The van der Waals surface area contributed by atoms with Gasteiger partial charge in [0.05, 0.1) is 11.9 Å². The number of carbonyl (C=O) groups is 1. The van der Waals surface area contributed by atoms with Crippen LogP contribution in [0.2, 0.25) is 5.15 Å². The van der Waals surface area contributed by atoms with Crippen LogP contribution in [0.4, 0.5) is 11.5 Å². The van der Waals surface area contributed by atoms with Crippen LogP contribution in [0.3, 0.4) is 0 Å². The van der Waals surface area contributed by atoms with Crippen molar-refractivity contribution in [1.29, 1.82) is 0 Å². The maximum absolute atomic E-state index is 8.36. The summed E-state index contributed by atoms with van der Waals surface area (Å²) in [6.07, 6.45) is 3.49. The van der Waals surface area contributed by atoms with E-state index < -0.39 is 0 Å². The minimum absolute atomic E-state index is 0.250. The molecule has 112 valence electrons. The summed E-state index contributed by atoms with van der Waals surface area (Å²) in [5, 5.41) is 12.9. The molecule has 0 bridgehead atoms. The fourth-order valence-electron chi connectivity index (χ4n) is 1.98. The molecule has 0 saturated heterocycles.